The van der Waals surface area contributed by atoms with E-state index in [-0.39, 0.29) is 12.1 Å². The molecule has 5 heteroatoms. The molecule has 0 spiro atoms. The molecule has 0 bridgehead atoms. The molecule has 0 unspecified atom stereocenters. The molecule has 32 heavy (non-hydrogen) atoms. The second kappa shape index (κ2) is 11.3. The first-order valence-electron chi connectivity index (χ1n) is 11.6. The minimum Gasteiger partial charge on any atom is -0.497 e. The topological polar surface area (TPSA) is 56.8 Å². The molecule has 0 radical (unpaired) electrons. The smallest absolute Gasteiger partial charge is 0.329 e. The van der Waals surface area contributed by atoms with Crippen LogP contribution in [0.1, 0.15) is 45.6 Å². The number of esters is 1. The zero-order valence-corrected chi connectivity index (χ0v) is 20.0. The van der Waals surface area contributed by atoms with Crippen LogP contribution in [-0.4, -0.2) is 32.3 Å². The summed E-state index contributed by atoms with van der Waals surface area (Å²) in [6.45, 7) is 6.70. The Bertz CT molecular complexity index is 864. The highest BCUT2D eigenvalue weighted by Crippen LogP contribution is 2.36. The highest BCUT2D eigenvalue weighted by molar-refractivity contribution is 5.80. The van der Waals surface area contributed by atoms with E-state index in [9.17, 15) is 4.79 Å². The monoisotopic (exact) mass is 439 g/mol. The van der Waals surface area contributed by atoms with E-state index >= 15 is 0 Å². The fraction of sp³-hybridized carbons (Fsp3) is 0.519. The summed E-state index contributed by atoms with van der Waals surface area (Å²) in [5, 5.41) is 3.39. The SMILES string of the molecule is COc1ccc(C[C@@H](Nc2ccccc2OC)C(=O)O[C@@H]2C[C@H](C)CC[C@H]2C(C)C)cc1. The van der Waals surface area contributed by atoms with E-state index in [0.717, 1.165) is 29.8 Å². The molecule has 5 nitrogen and oxygen atoms in total. The second-order valence-corrected chi connectivity index (χ2v) is 9.25. The summed E-state index contributed by atoms with van der Waals surface area (Å²) in [6, 6.07) is 14.9. The maximum absolute atomic E-state index is 13.5. The van der Waals surface area contributed by atoms with Crippen molar-refractivity contribution >= 4 is 11.7 Å². The Labute approximate surface area is 192 Å². The Kier molecular flexibility index (Phi) is 8.43. The Morgan fingerprint density at radius 3 is 2.41 bits per heavy atom. The summed E-state index contributed by atoms with van der Waals surface area (Å²) in [7, 11) is 3.28. The molecular formula is C27H37NO4. The standard InChI is InChI=1S/C27H37NO4/c1-18(2)22-15-10-19(3)16-26(22)32-27(29)24(17-20-11-13-21(30-4)14-12-20)28-23-8-6-7-9-25(23)31-5/h6-9,11-14,18-19,22,24,26,28H,10,15-17H2,1-5H3/t19-,22+,24-,26-/m1/s1. The van der Waals surface area contributed by atoms with Crippen molar-refractivity contribution < 1.29 is 19.0 Å². The Morgan fingerprint density at radius 2 is 1.75 bits per heavy atom. The largest absolute Gasteiger partial charge is 0.497 e. The van der Waals surface area contributed by atoms with Crippen molar-refractivity contribution in [3.63, 3.8) is 0 Å². The lowest BCUT2D eigenvalue weighted by Crippen LogP contribution is -2.41. The van der Waals surface area contributed by atoms with Gasteiger partial charge in [0.05, 0.1) is 19.9 Å². The number of nitrogens with one attached hydrogen (secondary N) is 1. The average Bonchev–Trinajstić information content (AvgIpc) is 2.79. The fourth-order valence-electron chi connectivity index (χ4n) is 4.62. The average molecular weight is 440 g/mol. The molecule has 2 aromatic carbocycles. The summed E-state index contributed by atoms with van der Waals surface area (Å²) in [6.07, 6.45) is 3.71. The molecule has 1 saturated carbocycles. The third kappa shape index (κ3) is 6.18. The second-order valence-electron chi connectivity index (χ2n) is 9.25. The maximum atomic E-state index is 13.5. The van der Waals surface area contributed by atoms with Crippen molar-refractivity contribution in [2.24, 2.45) is 17.8 Å². The van der Waals surface area contributed by atoms with Gasteiger partial charge in [0.25, 0.3) is 0 Å². The number of benzene rings is 2. The van der Waals surface area contributed by atoms with Gasteiger partial charge in [-0.1, -0.05) is 51.5 Å². The summed E-state index contributed by atoms with van der Waals surface area (Å²) >= 11 is 0. The van der Waals surface area contributed by atoms with Crippen LogP contribution >= 0.6 is 0 Å². The first kappa shape index (κ1) is 24.0. The van der Waals surface area contributed by atoms with Gasteiger partial charge in [0, 0.05) is 6.42 Å². The Hall–Kier alpha value is -2.69. The van der Waals surface area contributed by atoms with Crippen LogP contribution in [0, 0.1) is 17.8 Å². The zero-order valence-electron chi connectivity index (χ0n) is 20.0. The Balaban J connectivity index is 1.81. The van der Waals surface area contributed by atoms with Crippen molar-refractivity contribution in [3.8, 4) is 11.5 Å². The van der Waals surface area contributed by atoms with E-state index in [1.54, 1.807) is 14.2 Å². The van der Waals surface area contributed by atoms with Gasteiger partial charge in [0.15, 0.2) is 0 Å². The van der Waals surface area contributed by atoms with E-state index in [1.165, 1.54) is 6.42 Å². The molecule has 1 aliphatic carbocycles. The molecule has 1 aliphatic rings. The maximum Gasteiger partial charge on any atom is 0.329 e. The lowest BCUT2D eigenvalue weighted by molar-refractivity contribution is -0.156. The van der Waals surface area contributed by atoms with Crippen LogP contribution in [0.4, 0.5) is 5.69 Å². The van der Waals surface area contributed by atoms with Crippen LogP contribution in [-0.2, 0) is 16.0 Å². The lowest BCUT2D eigenvalue weighted by atomic mass is 9.75. The molecule has 174 valence electrons. The van der Waals surface area contributed by atoms with Crippen LogP contribution in [0.5, 0.6) is 11.5 Å². The predicted octanol–water partition coefficient (Wildman–Crippen LogP) is 5.73. The lowest BCUT2D eigenvalue weighted by Gasteiger charge is -2.37. The van der Waals surface area contributed by atoms with Crippen LogP contribution in [0.3, 0.4) is 0 Å². The molecule has 4 atom stereocenters. The molecule has 1 N–H and O–H groups in total. The van der Waals surface area contributed by atoms with Crippen molar-refractivity contribution in [1.82, 2.24) is 0 Å². The summed E-state index contributed by atoms with van der Waals surface area (Å²) in [5.74, 6) is 2.75. The third-order valence-corrected chi connectivity index (χ3v) is 6.55. The summed E-state index contributed by atoms with van der Waals surface area (Å²) in [4.78, 5) is 13.5. The number of methoxy groups -OCH3 is 2. The molecule has 0 amide bonds. The predicted molar refractivity (Wildman–Crippen MR) is 128 cm³/mol. The van der Waals surface area contributed by atoms with Crippen LogP contribution in [0.2, 0.25) is 0 Å². The molecular weight excluding hydrogens is 402 g/mol. The normalized spacial score (nSPS) is 21.6. The minimum atomic E-state index is -0.523. The molecule has 2 aromatic rings. The molecule has 0 aromatic heterocycles. The van der Waals surface area contributed by atoms with Gasteiger partial charge in [0.2, 0.25) is 0 Å². The fourth-order valence-corrected chi connectivity index (χ4v) is 4.62. The van der Waals surface area contributed by atoms with Crippen molar-refractivity contribution in [3.05, 3.63) is 54.1 Å². The number of ether oxygens (including phenoxy) is 3. The van der Waals surface area contributed by atoms with Gasteiger partial charge in [-0.25, -0.2) is 4.79 Å². The number of para-hydroxylation sites is 2. The van der Waals surface area contributed by atoms with Gasteiger partial charge < -0.3 is 19.5 Å². The number of carbonyl (C=O) groups is 1. The van der Waals surface area contributed by atoms with E-state index in [2.05, 4.69) is 26.1 Å². The highest BCUT2D eigenvalue weighted by Gasteiger charge is 2.35. The van der Waals surface area contributed by atoms with Crippen LogP contribution < -0.4 is 14.8 Å². The molecule has 0 aliphatic heterocycles. The number of anilines is 1. The van der Waals surface area contributed by atoms with Gasteiger partial charge >= 0.3 is 5.97 Å². The zero-order chi connectivity index (χ0) is 23.1. The molecule has 1 fully saturated rings. The van der Waals surface area contributed by atoms with Gasteiger partial charge in [-0.3, -0.25) is 0 Å². The number of carbonyl (C=O) groups excluding carboxylic acids is 1. The van der Waals surface area contributed by atoms with Crippen molar-refractivity contribution in [1.29, 1.82) is 0 Å². The number of rotatable bonds is 9. The van der Waals surface area contributed by atoms with Gasteiger partial charge in [-0.05, 0) is 60.4 Å². The third-order valence-electron chi connectivity index (χ3n) is 6.55. The van der Waals surface area contributed by atoms with Gasteiger partial charge in [-0.2, -0.15) is 0 Å². The van der Waals surface area contributed by atoms with Gasteiger partial charge in [0.1, 0.15) is 23.6 Å². The summed E-state index contributed by atoms with van der Waals surface area (Å²) in [5.41, 5.74) is 1.82. The van der Waals surface area contributed by atoms with E-state index in [1.807, 2.05) is 48.5 Å². The molecule has 0 saturated heterocycles. The number of hydrogen-bond acceptors (Lipinski definition) is 5. The minimum absolute atomic E-state index is 0.0379. The van der Waals surface area contributed by atoms with Crippen LogP contribution in [0.15, 0.2) is 48.5 Å². The first-order valence-corrected chi connectivity index (χ1v) is 11.6. The summed E-state index contributed by atoms with van der Waals surface area (Å²) < 4.78 is 17.0. The van der Waals surface area contributed by atoms with E-state index in [4.69, 9.17) is 14.2 Å². The van der Waals surface area contributed by atoms with Gasteiger partial charge in [-0.15, -0.1) is 0 Å². The van der Waals surface area contributed by atoms with E-state index < -0.39 is 6.04 Å². The quantitative estimate of drug-likeness (QED) is 0.506. The molecule has 3 rings (SSSR count). The van der Waals surface area contributed by atoms with Crippen molar-refractivity contribution in [2.45, 2.75) is 58.6 Å². The van der Waals surface area contributed by atoms with Crippen LogP contribution in [0.25, 0.3) is 0 Å². The number of hydrogen-bond donors (Lipinski definition) is 1. The first-order chi connectivity index (χ1) is 15.4. The van der Waals surface area contributed by atoms with Crippen molar-refractivity contribution in [2.75, 3.05) is 19.5 Å². The Morgan fingerprint density at radius 1 is 1.03 bits per heavy atom. The van der Waals surface area contributed by atoms with E-state index in [0.29, 0.717) is 29.9 Å². The highest BCUT2D eigenvalue weighted by atomic mass is 16.5. The molecule has 0 heterocycles.